The van der Waals surface area contributed by atoms with Gasteiger partial charge in [-0.15, -0.1) is 6.42 Å². The van der Waals surface area contributed by atoms with E-state index in [-0.39, 0.29) is 18.3 Å². The molecule has 0 fully saturated rings. The molecule has 0 N–H and O–H groups in total. The summed E-state index contributed by atoms with van der Waals surface area (Å²) in [5, 5.41) is 0. The number of ether oxygens (including phenoxy) is 2. The van der Waals surface area contributed by atoms with E-state index >= 15 is 0 Å². The maximum atomic E-state index is 5.98. The van der Waals surface area contributed by atoms with Crippen LogP contribution in [0.2, 0.25) is 13.1 Å². The fraction of sp³-hybridized carbons (Fsp3) is 0.529. The molecule has 116 valence electrons. The Kier molecular flexibility index (Phi) is 6.80. The standard InChI is InChI=1S/C17H26O3Si/c1-7-12-18-14-8-10-15(11-9-14)19-16(20-21(5)6)13-17(2,3)4/h1,8-11,16,21H,12-13H2,2-6H3. The summed E-state index contributed by atoms with van der Waals surface area (Å²) in [6.45, 7) is 11.1. The van der Waals surface area contributed by atoms with Gasteiger partial charge in [-0.05, 0) is 42.8 Å². The van der Waals surface area contributed by atoms with Gasteiger partial charge in [0.25, 0.3) is 0 Å². The fourth-order valence-corrected chi connectivity index (χ4v) is 2.57. The summed E-state index contributed by atoms with van der Waals surface area (Å²) in [5.41, 5.74) is 0.157. The maximum Gasteiger partial charge on any atom is 0.191 e. The molecule has 0 bridgehead atoms. The Balaban J connectivity index is 2.67. The fourth-order valence-electron chi connectivity index (χ4n) is 1.81. The van der Waals surface area contributed by atoms with Gasteiger partial charge < -0.3 is 13.9 Å². The molecule has 0 amide bonds. The second-order valence-electron chi connectivity index (χ2n) is 6.46. The first-order valence-corrected chi connectivity index (χ1v) is 10.1. The molecule has 1 unspecified atom stereocenters. The van der Waals surface area contributed by atoms with E-state index in [0.29, 0.717) is 0 Å². The van der Waals surface area contributed by atoms with Crippen LogP contribution in [0.25, 0.3) is 0 Å². The van der Waals surface area contributed by atoms with Gasteiger partial charge in [-0.2, -0.15) is 0 Å². The molecule has 1 aromatic rings. The summed E-state index contributed by atoms with van der Waals surface area (Å²) >= 11 is 0. The lowest BCUT2D eigenvalue weighted by atomic mass is 9.92. The predicted molar refractivity (Wildman–Crippen MR) is 89.2 cm³/mol. The molecule has 1 rings (SSSR count). The van der Waals surface area contributed by atoms with Crippen LogP contribution in [-0.4, -0.2) is 21.9 Å². The Labute approximate surface area is 130 Å². The van der Waals surface area contributed by atoms with Crippen LogP contribution in [0.1, 0.15) is 27.2 Å². The van der Waals surface area contributed by atoms with Gasteiger partial charge in [-0.1, -0.05) is 26.7 Å². The van der Waals surface area contributed by atoms with Crippen LogP contribution in [0.15, 0.2) is 24.3 Å². The molecule has 21 heavy (non-hydrogen) atoms. The lowest BCUT2D eigenvalue weighted by molar-refractivity contribution is -0.0247. The zero-order valence-electron chi connectivity index (χ0n) is 13.7. The molecule has 0 aliphatic rings. The van der Waals surface area contributed by atoms with Crippen molar-refractivity contribution < 1.29 is 13.9 Å². The predicted octanol–water partition coefficient (Wildman–Crippen LogP) is 3.84. The summed E-state index contributed by atoms with van der Waals surface area (Å²) in [6, 6.07) is 7.47. The van der Waals surface area contributed by atoms with Gasteiger partial charge in [-0.3, -0.25) is 0 Å². The summed E-state index contributed by atoms with van der Waals surface area (Å²) in [6.07, 6.45) is 5.82. The summed E-state index contributed by atoms with van der Waals surface area (Å²) < 4.78 is 17.3. The first kappa shape index (κ1) is 17.6. The molecule has 1 atom stereocenters. The van der Waals surface area contributed by atoms with Crippen molar-refractivity contribution in [1.82, 2.24) is 0 Å². The highest BCUT2D eigenvalue weighted by molar-refractivity contribution is 6.48. The molecular formula is C17H26O3Si. The van der Waals surface area contributed by atoms with Crippen molar-refractivity contribution in [3.8, 4) is 23.8 Å². The van der Waals surface area contributed by atoms with Gasteiger partial charge in [0, 0.05) is 6.42 Å². The van der Waals surface area contributed by atoms with Gasteiger partial charge in [0.2, 0.25) is 0 Å². The molecule has 0 aliphatic heterocycles. The van der Waals surface area contributed by atoms with Crippen molar-refractivity contribution in [3.63, 3.8) is 0 Å². The minimum absolute atomic E-state index is 0.157. The average Bonchev–Trinajstić information content (AvgIpc) is 2.35. The molecule has 0 saturated heterocycles. The highest BCUT2D eigenvalue weighted by Gasteiger charge is 2.21. The van der Waals surface area contributed by atoms with Crippen LogP contribution in [-0.2, 0) is 4.43 Å². The maximum absolute atomic E-state index is 5.98. The van der Waals surface area contributed by atoms with Crippen LogP contribution in [0.3, 0.4) is 0 Å². The first-order chi connectivity index (χ1) is 9.80. The Morgan fingerprint density at radius 2 is 1.71 bits per heavy atom. The molecule has 0 saturated carbocycles. The van der Waals surface area contributed by atoms with E-state index in [9.17, 15) is 0 Å². The molecule has 0 heterocycles. The molecule has 0 aromatic heterocycles. The van der Waals surface area contributed by atoms with E-state index in [1.165, 1.54) is 0 Å². The topological polar surface area (TPSA) is 27.7 Å². The highest BCUT2D eigenvalue weighted by Crippen LogP contribution is 2.26. The molecule has 4 heteroatoms. The van der Waals surface area contributed by atoms with Crippen molar-refractivity contribution in [1.29, 1.82) is 0 Å². The average molecular weight is 306 g/mol. The molecule has 0 aliphatic carbocycles. The van der Waals surface area contributed by atoms with E-state index < -0.39 is 9.04 Å². The van der Waals surface area contributed by atoms with Crippen LogP contribution in [0, 0.1) is 17.8 Å². The number of rotatable bonds is 7. The molecule has 0 radical (unpaired) electrons. The monoisotopic (exact) mass is 306 g/mol. The summed E-state index contributed by atoms with van der Waals surface area (Å²) in [5.74, 6) is 3.97. The van der Waals surface area contributed by atoms with Crippen molar-refractivity contribution in [2.45, 2.75) is 46.6 Å². The van der Waals surface area contributed by atoms with Crippen molar-refractivity contribution in [3.05, 3.63) is 24.3 Å². The van der Waals surface area contributed by atoms with Crippen molar-refractivity contribution >= 4 is 9.04 Å². The van der Waals surface area contributed by atoms with Gasteiger partial charge in [-0.25, -0.2) is 0 Å². The Morgan fingerprint density at radius 3 is 2.19 bits per heavy atom. The van der Waals surface area contributed by atoms with Crippen LogP contribution >= 0.6 is 0 Å². The van der Waals surface area contributed by atoms with Gasteiger partial charge in [0.15, 0.2) is 15.3 Å². The summed E-state index contributed by atoms with van der Waals surface area (Å²) in [4.78, 5) is 0. The van der Waals surface area contributed by atoms with Gasteiger partial charge in [0.1, 0.15) is 18.1 Å². The van der Waals surface area contributed by atoms with Crippen molar-refractivity contribution in [2.75, 3.05) is 6.61 Å². The number of hydrogen-bond acceptors (Lipinski definition) is 3. The smallest absolute Gasteiger partial charge is 0.191 e. The molecular weight excluding hydrogens is 280 g/mol. The van der Waals surface area contributed by atoms with E-state index in [4.69, 9.17) is 20.3 Å². The summed E-state index contributed by atoms with van der Waals surface area (Å²) in [7, 11) is -1.16. The minimum atomic E-state index is -1.16. The highest BCUT2D eigenvalue weighted by atomic mass is 28.3. The zero-order chi connectivity index (χ0) is 15.9. The van der Waals surface area contributed by atoms with E-state index in [1.54, 1.807) is 0 Å². The normalized spacial score (nSPS) is 12.8. The third kappa shape index (κ3) is 7.79. The van der Waals surface area contributed by atoms with E-state index in [0.717, 1.165) is 17.9 Å². The van der Waals surface area contributed by atoms with Crippen molar-refractivity contribution in [2.24, 2.45) is 5.41 Å². The zero-order valence-corrected chi connectivity index (χ0v) is 14.8. The molecule has 0 spiro atoms. The lowest BCUT2D eigenvalue weighted by Crippen LogP contribution is -2.30. The second kappa shape index (κ2) is 8.11. The van der Waals surface area contributed by atoms with Crippen LogP contribution in [0.5, 0.6) is 11.5 Å². The van der Waals surface area contributed by atoms with Gasteiger partial charge in [0.05, 0.1) is 0 Å². The number of benzene rings is 1. The van der Waals surface area contributed by atoms with Crippen LogP contribution in [0.4, 0.5) is 0 Å². The minimum Gasteiger partial charge on any atom is -0.481 e. The third-order valence-electron chi connectivity index (χ3n) is 2.62. The van der Waals surface area contributed by atoms with E-state index in [2.05, 4.69) is 39.8 Å². The Bertz CT molecular complexity index is 454. The molecule has 1 aromatic carbocycles. The third-order valence-corrected chi connectivity index (χ3v) is 3.46. The Hall–Kier alpha value is -1.44. The number of terminal acetylenes is 1. The SMILES string of the molecule is C#CCOc1ccc(OC(CC(C)(C)C)O[SiH](C)C)cc1. The van der Waals surface area contributed by atoms with Crippen LogP contribution < -0.4 is 9.47 Å². The second-order valence-corrected chi connectivity index (χ2v) is 8.83. The quantitative estimate of drug-likeness (QED) is 0.435. The largest absolute Gasteiger partial charge is 0.481 e. The van der Waals surface area contributed by atoms with Gasteiger partial charge >= 0.3 is 0 Å². The first-order valence-electron chi connectivity index (χ1n) is 7.28. The lowest BCUT2D eigenvalue weighted by Gasteiger charge is -2.28. The molecule has 3 nitrogen and oxygen atoms in total. The Morgan fingerprint density at radius 1 is 1.14 bits per heavy atom. The number of hydrogen-bond donors (Lipinski definition) is 0. The van der Waals surface area contributed by atoms with E-state index in [1.807, 2.05) is 24.3 Å².